The van der Waals surface area contributed by atoms with Crippen LogP contribution in [0.2, 0.25) is 5.02 Å². The fourth-order valence-electron chi connectivity index (χ4n) is 1.74. The fraction of sp³-hybridized carbons (Fsp3) is 0.125. The van der Waals surface area contributed by atoms with Crippen LogP contribution < -0.4 is 0 Å². The highest BCUT2D eigenvalue weighted by Gasteiger charge is 2.26. The average molecular weight is 339 g/mol. The van der Waals surface area contributed by atoms with Gasteiger partial charge >= 0.3 is 7.82 Å². The summed E-state index contributed by atoms with van der Waals surface area (Å²) in [6, 6.07) is 16.5. The first-order chi connectivity index (χ1) is 10.6. The molecule has 0 heterocycles. The van der Waals surface area contributed by atoms with Gasteiger partial charge in [-0.05, 0) is 23.8 Å². The maximum Gasteiger partial charge on any atom is 0.529 e. The molecular formula is C16H16ClO4P. The molecule has 2 aromatic carbocycles. The molecule has 0 spiro atoms. The monoisotopic (exact) mass is 338 g/mol. The van der Waals surface area contributed by atoms with Gasteiger partial charge in [-0.3, -0.25) is 9.05 Å². The molecule has 0 aromatic heterocycles. The molecule has 4 nitrogen and oxygen atoms in total. The van der Waals surface area contributed by atoms with Crippen molar-refractivity contribution in [2.24, 2.45) is 0 Å². The van der Waals surface area contributed by atoms with Crippen LogP contribution in [-0.2, 0) is 18.1 Å². The summed E-state index contributed by atoms with van der Waals surface area (Å²) < 4.78 is 27.4. The predicted octanol–water partition coefficient (Wildman–Crippen LogP) is 5.26. The Kier molecular flexibility index (Phi) is 5.81. The molecule has 0 atom stereocenters. The molecule has 22 heavy (non-hydrogen) atoms. The van der Waals surface area contributed by atoms with Crippen LogP contribution in [-0.4, -0.2) is 14.2 Å². The minimum Gasteiger partial charge on any atom is -0.403 e. The minimum atomic E-state index is -3.64. The number of benzene rings is 2. The molecule has 0 aliphatic rings. The van der Waals surface area contributed by atoms with Crippen LogP contribution >= 0.6 is 19.4 Å². The first-order valence-corrected chi connectivity index (χ1v) is 8.34. The van der Waals surface area contributed by atoms with Crippen molar-refractivity contribution in [1.82, 2.24) is 0 Å². The van der Waals surface area contributed by atoms with Gasteiger partial charge in [-0.15, -0.1) is 0 Å². The van der Waals surface area contributed by atoms with E-state index in [4.69, 9.17) is 25.2 Å². The number of hydrogen-bond acceptors (Lipinski definition) is 4. The van der Waals surface area contributed by atoms with Crippen molar-refractivity contribution in [3.63, 3.8) is 0 Å². The van der Waals surface area contributed by atoms with Gasteiger partial charge in [0.1, 0.15) is 5.76 Å². The molecule has 0 radical (unpaired) electrons. The van der Waals surface area contributed by atoms with Crippen molar-refractivity contribution in [3.8, 4) is 0 Å². The fourth-order valence-corrected chi connectivity index (χ4v) is 2.57. The lowest BCUT2D eigenvalue weighted by atomic mass is 10.1. The summed E-state index contributed by atoms with van der Waals surface area (Å²) in [5.41, 5.74) is 1.61. The summed E-state index contributed by atoms with van der Waals surface area (Å²) in [6.45, 7) is 0. The minimum absolute atomic E-state index is 0.384. The van der Waals surface area contributed by atoms with Crippen molar-refractivity contribution < 1.29 is 18.1 Å². The zero-order chi connectivity index (χ0) is 16.0. The zero-order valence-electron chi connectivity index (χ0n) is 12.2. The van der Waals surface area contributed by atoms with E-state index in [1.165, 1.54) is 14.2 Å². The molecule has 0 amide bonds. The second-order valence-corrected chi connectivity index (χ2v) is 6.57. The third kappa shape index (κ3) is 4.46. The van der Waals surface area contributed by atoms with Crippen molar-refractivity contribution in [1.29, 1.82) is 0 Å². The van der Waals surface area contributed by atoms with Gasteiger partial charge in [0.25, 0.3) is 0 Å². The predicted molar refractivity (Wildman–Crippen MR) is 88.5 cm³/mol. The Morgan fingerprint density at radius 3 is 2.14 bits per heavy atom. The van der Waals surface area contributed by atoms with Gasteiger partial charge in [0.05, 0.1) is 0 Å². The summed E-state index contributed by atoms with van der Waals surface area (Å²) in [5, 5.41) is 0.638. The van der Waals surface area contributed by atoms with E-state index in [1.54, 1.807) is 18.2 Å². The first-order valence-electron chi connectivity index (χ1n) is 6.50. The molecule has 0 saturated heterocycles. The van der Waals surface area contributed by atoms with Gasteiger partial charge in [0, 0.05) is 24.8 Å². The molecule has 0 fully saturated rings. The SMILES string of the molecule is COP(=O)(OC)OC(=Cc1ccc(Cl)cc1)c1ccccc1. The molecule has 6 heteroatoms. The summed E-state index contributed by atoms with van der Waals surface area (Å²) in [4.78, 5) is 0. The summed E-state index contributed by atoms with van der Waals surface area (Å²) in [6.07, 6.45) is 1.75. The Hall–Kier alpha value is -1.58. The topological polar surface area (TPSA) is 44.8 Å². The summed E-state index contributed by atoms with van der Waals surface area (Å²) >= 11 is 5.88. The van der Waals surface area contributed by atoms with Crippen molar-refractivity contribution >= 4 is 31.3 Å². The zero-order valence-corrected chi connectivity index (χ0v) is 13.9. The normalized spacial score (nSPS) is 12.2. The van der Waals surface area contributed by atoms with E-state index in [-0.39, 0.29) is 0 Å². The Morgan fingerprint density at radius 2 is 1.59 bits per heavy atom. The molecule has 0 bridgehead atoms. The summed E-state index contributed by atoms with van der Waals surface area (Å²) in [7, 11) is -1.10. The van der Waals surface area contributed by atoms with E-state index in [0.717, 1.165) is 11.1 Å². The maximum absolute atomic E-state index is 12.3. The summed E-state index contributed by atoms with van der Waals surface area (Å²) in [5.74, 6) is 0.384. The largest absolute Gasteiger partial charge is 0.529 e. The lowest BCUT2D eigenvalue weighted by Gasteiger charge is -2.17. The van der Waals surface area contributed by atoms with Crippen molar-refractivity contribution in [2.75, 3.05) is 14.2 Å². The van der Waals surface area contributed by atoms with Gasteiger partial charge in [0.2, 0.25) is 0 Å². The molecule has 0 saturated carbocycles. The molecule has 0 aliphatic heterocycles. The number of phosphoric acid groups is 1. The van der Waals surface area contributed by atoms with E-state index >= 15 is 0 Å². The second kappa shape index (κ2) is 7.61. The highest BCUT2D eigenvalue weighted by molar-refractivity contribution is 7.48. The highest BCUT2D eigenvalue weighted by atomic mass is 35.5. The van der Waals surface area contributed by atoms with Crippen LogP contribution in [0.4, 0.5) is 0 Å². The molecule has 2 rings (SSSR count). The Balaban J connectivity index is 2.42. The standard InChI is InChI=1S/C16H16ClO4P/c1-19-22(18,20-2)21-16(14-6-4-3-5-7-14)12-13-8-10-15(17)11-9-13/h3-12H,1-2H3. The lowest BCUT2D eigenvalue weighted by Crippen LogP contribution is -1.95. The third-order valence-electron chi connectivity index (χ3n) is 2.88. The third-order valence-corrected chi connectivity index (χ3v) is 4.45. The molecule has 0 N–H and O–H groups in total. The van der Waals surface area contributed by atoms with Crippen molar-refractivity contribution in [2.45, 2.75) is 0 Å². The van der Waals surface area contributed by atoms with Crippen LogP contribution in [0.1, 0.15) is 11.1 Å². The smallest absolute Gasteiger partial charge is 0.403 e. The van der Waals surface area contributed by atoms with Gasteiger partial charge in [-0.25, -0.2) is 4.57 Å². The van der Waals surface area contributed by atoms with Gasteiger partial charge in [0.15, 0.2) is 0 Å². The highest BCUT2D eigenvalue weighted by Crippen LogP contribution is 2.51. The van der Waals surface area contributed by atoms with Crippen molar-refractivity contribution in [3.05, 3.63) is 70.7 Å². The number of phosphoric ester groups is 1. The quantitative estimate of drug-likeness (QED) is 0.409. The maximum atomic E-state index is 12.3. The van der Waals surface area contributed by atoms with Gasteiger partial charge in [-0.2, -0.15) is 0 Å². The van der Waals surface area contributed by atoms with Crippen LogP contribution in [0, 0.1) is 0 Å². The molecule has 0 unspecified atom stereocenters. The number of hydrogen-bond donors (Lipinski definition) is 0. The van der Waals surface area contributed by atoms with E-state index in [0.29, 0.717) is 10.8 Å². The second-order valence-electron chi connectivity index (χ2n) is 4.33. The Morgan fingerprint density at radius 1 is 1.00 bits per heavy atom. The molecule has 2 aromatic rings. The van der Waals surface area contributed by atoms with E-state index < -0.39 is 7.82 Å². The van der Waals surface area contributed by atoms with Crippen LogP contribution in [0.15, 0.2) is 54.6 Å². The van der Waals surface area contributed by atoms with E-state index in [9.17, 15) is 4.57 Å². The molecular weight excluding hydrogens is 323 g/mol. The molecule has 116 valence electrons. The van der Waals surface area contributed by atoms with Gasteiger partial charge in [-0.1, -0.05) is 54.1 Å². The lowest BCUT2D eigenvalue weighted by molar-refractivity contribution is 0.201. The Labute approximate surface area is 134 Å². The van der Waals surface area contributed by atoms with E-state index in [1.807, 2.05) is 42.5 Å². The molecule has 0 aliphatic carbocycles. The number of halogens is 1. The average Bonchev–Trinajstić information content (AvgIpc) is 2.57. The van der Waals surface area contributed by atoms with Crippen LogP contribution in [0.3, 0.4) is 0 Å². The number of rotatable bonds is 6. The van der Waals surface area contributed by atoms with E-state index in [2.05, 4.69) is 0 Å². The first kappa shape index (κ1) is 16.8. The Bertz CT molecular complexity index is 675. The van der Waals surface area contributed by atoms with Gasteiger partial charge < -0.3 is 4.52 Å². The van der Waals surface area contributed by atoms with Crippen LogP contribution in [0.25, 0.3) is 11.8 Å². The van der Waals surface area contributed by atoms with Crippen LogP contribution in [0.5, 0.6) is 0 Å².